The lowest BCUT2D eigenvalue weighted by Gasteiger charge is -2.11. The zero-order valence-corrected chi connectivity index (χ0v) is 17.9. The van der Waals surface area contributed by atoms with Crippen molar-refractivity contribution in [3.63, 3.8) is 0 Å². The minimum absolute atomic E-state index is 0.0567. The quantitative estimate of drug-likeness (QED) is 0.682. The van der Waals surface area contributed by atoms with Crippen molar-refractivity contribution in [1.29, 1.82) is 0 Å². The van der Waals surface area contributed by atoms with Crippen LogP contribution < -0.4 is 10.9 Å². The normalized spacial score (nSPS) is 13.1. The molecule has 30 heavy (non-hydrogen) atoms. The number of hydrogen-bond donors (Lipinski definition) is 1. The number of thiophene rings is 1. The summed E-state index contributed by atoms with van der Waals surface area (Å²) in [4.78, 5) is 45.3. The molecule has 2 amide bonds. The third-order valence-electron chi connectivity index (χ3n) is 5.34. The van der Waals surface area contributed by atoms with E-state index in [4.69, 9.17) is 0 Å². The number of anilines is 1. The van der Waals surface area contributed by atoms with Gasteiger partial charge in [0.25, 0.3) is 11.5 Å². The zero-order valence-electron chi connectivity index (χ0n) is 17.1. The minimum atomic E-state index is -0.193. The van der Waals surface area contributed by atoms with Crippen LogP contribution in [0.3, 0.4) is 0 Å². The molecule has 0 aliphatic heterocycles. The fourth-order valence-electron chi connectivity index (χ4n) is 3.74. The van der Waals surface area contributed by atoms with Gasteiger partial charge in [-0.15, -0.1) is 11.3 Å². The van der Waals surface area contributed by atoms with E-state index in [9.17, 15) is 14.4 Å². The number of aryl methyl sites for hydroxylation is 3. The van der Waals surface area contributed by atoms with Gasteiger partial charge in [0.1, 0.15) is 4.83 Å². The molecule has 0 saturated heterocycles. The molecule has 156 valence electrons. The summed E-state index contributed by atoms with van der Waals surface area (Å²) in [5, 5.41) is 3.55. The van der Waals surface area contributed by atoms with Crippen LogP contribution in [0.5, 0.6) is 0 Å². The summed E-state index contributed by atoms with van der Waals surface area (Å²) in [6, 6.07) is 6.76. The Hall–Kier alpha value is -3.00. The highest BCUT2D eigenvalue weighted by Gasteiger charge is 2.20. The number of fused-ring (bicyclic) bond motifs is 3. The van der Waals surface area contributed by atoms with Crippen molar-refractivity contribution < 1.29 is 9.59 Å². The van der Waals surface area contributed by atoms with E-state index in [2.05, 4.69) is 10.3 Å². The van der Waals surface area contributed by atoms with E-state index in [1.54, 1.807) is 56.0 Å². The average Bonchev–Trinajstić information content (AvgIpc) is 3.12. The van der Waals surface area contributed by atoms with Gasteiger partial charge in [-0.05, 0) is 55.5 Å². The maximum absolute atomic E-state index is 13.0. The van der Waals surface area contributed by atoms with Gasteiger partial charge in [0, 0.05) is 43.2 Å². The monoisotopic (exact) mass is 424 g/mol. The SMILES string of the molecule is CN(C)C(=O)c1ccc(NC(=O)CCn2cnc3sc4c(c3c2=O)CCCC4)cc1. The Balaban J connectivity index is 1.43. The molecule has 8 heteroatoms. The lowest BCUT2D eigenvalue weighted by Crippen LogP contribution is -2.24. The van der Waals surface area contributed by atoms with Crippen LogP contribution in [0.15, 0.2) is 35.4 Å². The first-order valence-corrected chi connectivity index (χ1v) is 10.9. The number of carbonyl (C=O) groups is 2. The van der Waals surface area contributed by atoms with Crippen LogP contribution in [0.4, 0.5) is 5.69 Å². The molecule has 1 aromatic carbocycles. The Morgan fingerprint density at radius 2 is 1.90 bits per heavy atom. The maximum Gasteiger partial charge on any atom is 0.262 e. The first kappa shape index (κ1) is 20.3. The van der Waals surface area contributed by atoms with Crippen molar-refractivity contribution in [3.8, 4) is 0 Å². The van der Waals surface area contributed by atoms with Gasteiger partial charge in [-0.1, -0.05) is 0 Å². The van der Waals surface area contributed by atoms with Gasteiger partial charge in [-0.3, -0.25) is 19.0 Å². The number of nitrogens with one attached hydrogen (secondary N) is 1. The molecule has 0 saturated carbocycles. The maximum atomic E-state index is 13.0. The van der Waals surface area contributed by atoms with Gasteiger partial charge in [-0.25, -0.2) is 4.98 Å². The summed E-state index contributed by atoms with van der Waals surface area (Å²) in [6.45, 7) is 0.273. The topological polar surface area (TPSA) is 84.3 Å². The van der Waals surface area contributed by atoms with Gasteiger partial charge >= 0.3 is 0 Å². The number of amides is 2. The summed E-state index contributed by atoms with van der Waals surface area (Å²) in [5.41, 5.74) is 2.27. The molecule has 4 rings (SSSR count). The van der Waals surface area contributed by atoms with Crippen molar-refractivity contribution in [2.45, 2.75) is 38.6 Å². The van der Waals surface area contributed by atoms with Crippen molar-refractivity contribution in [2.75, 3.05) is 19.4 Å². The summed E-state index contributed by atoms with van der Waals surface area (Å²) in [6.07, 6.45) is 5.94. The fourth-order valence-corrected chi connectivity index (χ4v) is 4.96. The van der Waals surface area contributed by atoms with Crippen molar-refractivity contribution in [1.82, 2.24) is 14.5 Å². The molecular formula is C22H24N4O3S. The summed E-state index contributed by atoms with van der Waals surface area (Å²) >= 11 is 1.62. The van der Waals surface area contributed by atoms with E-state index < -0.39 is 0 Å². The second-order valence-electron chi connectivity index (χ2n) is 7.71. The molecule has 0 spiro atoms. The molecule has 0 radical (unpaired) electrons. The summed E-state index contributed by atoms with van der Waals surface area (Å²) in [7, 11) is 3.39. The lowest BCUT2D eigenvalue weighted by atomic mass is 9.97. The highest BCUT2D eigenvalue weighted by Crippen LogP contribution is 2.33. The lowest BCUT2D eigenvalue weighted by molar-refractivity contribution is -0.116. The van der Waals surface area contributed by atoms with Crippen LogP contribution in [-0.2, 0) is 24.2 Å². The van der Waals surface area contributed by atoms with E-state index in [0.717, 1.165) is 35.0 Å². The average molecular weight is 425 g/mol. The number of hydrogen-bond acceptors (Lipinski definition) is 5. The zero-order chi connectivity index (χ0) is 21.3. The van der Waals surface area contributed by atoms with Gasteiger partial charge in [-0.2, -0.15) is 0 Å². The highest BCUT2D eigenvalue weighted by molar-refractivity contribution is 7.18. The van der Waals surface area contributed by atoms with Crippen LogP contribution in [-0.4, -0.2) is 40.4 Å². The Kier molecular flexibility index (Phi) is 5.67. The van der Waals surface area contributed by atoms with Gasteiger partial charge < -0.3 is 10.2 Å². The van der Waals surface area contributed by atoms with E-state index in [1.807, 2.05) is 0 Å². The van der Waals surface area contributed by atoms with Crippen LogP contribution >= 0.6 is 11.3 Å². The molecule has 2 heterocycles. The molecular weight excluding hydrogens is 400 g/mol. The Morgan fingerprint density at radius 1 is 1.17 bits per heavy atom. The molecule has 1 aliphatic carbocycles. The third kappa shape index (κ3) is 4.00. The van der Waals surface area contributed by atoms with Crippen LogP contribution in [0.25, 0.3) is 10.2 Å². The van der Waals surface area contributed by atoms with Gasteiger partial charge in [0.05, 0.1) is 11.7 Å². The Bertz CT molecular complexity index is 1160. The molecule has 7 nitrogen and oxygen atoms in total. The highest BCUT2D eigenvalue weighted by atomic mass is 32.1. The second-order valence-corrected chi connectivity index (χ2v) is 8.79. The first-order valence-electron chi connectivity index (χ1n) is 10.1. The minimum Gasteiger partial charge on any atom is -0.345 e. The van der Waals surface area contributed by atoms with Crippen LogP contribution in [0, 0.1) is 0 Å². The van der Waals surface area contributed by atoms with Crippen molar-refractivity contribution in [2.24, 2.45) is 0 Å². The molecule has 1 aliphatic rings. The van der Waals surface area contributed by atoms with Gasteiger partial charge in [0.15, 0.2) is 0 Å². The van der Waals surface area contributed by atoms with Crippen LogP contribution in [0.1, 0.15) is 40.1 Å². The van der Waals surface area contributed by atoms with Crippen molar-refractivity contribution in [3.05, 3.63) is 57.0 Å². The number of rotatable bonds is 5. The smallest absolute Gasteiger partial charge is 0.262 e. The fraction of sp³-hybridized carbons (Fsp3) is 0.364. The number of nitrogens with zero attached hydrogens (tertiary/aromatic N) is 3. The molecule has 0 fully saturated rings. The van der Waals surface area contributed by atoms with E-state index in [0.29, 0.717) is 11.3 Å². The predicted molar refractivity (Wildman–Crippen MR) is 118 cm³/mol. The molecule has 1 N–H and O–H groups in total. The molecule has 0 bridgehead atoms. The van der Waals surface area contributed by atoms with Gasteiger partial charge in [0.2, 0.25) is 5.91 Å². The van der Waals surface area contributed by atoms with E-state index in [1.165, 1.54) is 20.8 Å². The number of carbonyl (C=O) groups excluding carboxylic acids is 2. The summed E-state index contributed by atoms with van der Waals surface area (Å²) < 4.78 is 1.53. The largest absolute Gasteiger partial charge is 0.345 e. The number of aromatic nitrogens is 2. The molecule has 0 unspecified atom stereocenters. The second kappa shape index (κ2) is 8.39. The van der Waals surface area contributed by atoms with Crippen LogP contribution in [0.2, 0.25) is 0 Å². The van der Waals surface area contributed by atoms with E-state index in [-0.39, 0.29) is 30.3 Å². The molecule has 3 aromatic rings. The van der Waals surface area contributed by atoms with Crippen molar-refractivity contribution >= 4 is 39.1 Å². The Labute approximate surface area is 178 Å². The first-order chi connectivity index (χ1) is 14.4. The third-order valence-corrected chi connectivity index (χ3v) is 6.54. The van der Waals surface area contributed by atoms with E-state index >= 15 is 0 Å². The standard InChI is InChI=1S/C22H24N4O3S/c1-25(2)21(28)14-7-9-15(10-8-14)24-18(27)11-12-26-13-23-20-19(22(26)29)16-5-3-4-6-17(16)30-20/h7-10,13H,3-6,11-12H2,1-2H3,(H,24,27). The summed E-state index contributed by atoms with van der Waals surface area (Å²) in [5.74, 6) is -0.285. The molecule has 2 aromatic heterocycles. The molecule has 0 atom stereocenters. The Morgan fingerprint density at radius 3 is 2.63 bits per heavy atom. The number of benzene rings is 1. The predicted octanol–water partition coefficient (Wildman–Crippen LogP) is 3.07.